The summed E-state index contributed by atoms with van der Waals surface area (Å²) in [6, 6.07) is 7.53. The van der Waals surface area contributed by atoms with E-state index in [9.17, 15) is 9.59 Å². The summed E-state index contributed by atoms with van der Waals surface area (Å²) in [5, 5.41) is 0.671. The molecule has 2 rings (SSSR count). The van der Waals surface area contributed by atoms with Gasteiger partial charge in [0.15, 0.2) is 0 Å². The number of hydrogen-bond acceptors (Lipinski definition) is 3. The zero-order valence-electron chi connectivity index (χ0n) is 12.4. The number of alkyl halides is 1. The summed E-state index contributed by atoms with van der Waals surface area (Å²) in [5.74, 6) is -0.229. The van der Waals surface area contributed by atoms with E-state index in [2.05, 4.69) is 15.9 Å². The zero-order valence-corrected chi connectivity index (χ0v) is 14.8. The number of carbonyl (C=O) groups excluding carboxylic acids is 2. The molecule has 6 heteroatoms. The van der Waals surface area contributed by atoms with Gasteiger partial charge in [0, 0.05) is 18.1 Å². The lowest BCUT2D eigenvalue weighted by molar-refractivity contribution is -0.148. The van der Waals surface area contributed by atoms with Crippen LogP contribution in [-0.4, -0.2) is 41.8 Å². The number of amides is 1. The van der Waals surface area contributed by atoms with Crippen LogP contribution in [0.2, 0.25) is 5.02 Å². The van der Waals surface area contributed by atoms with Crippen LogP contribution in [0, 0.1) is 5.92 Å². The predicted molar refractivity (Wildman–Crippen MR) is 89.2 cm³/mol. The zero-order chi connectivity index (χ0) is 16.1. The highest BCUT2D eigenvalue weighted by molar-refractivity contribution is 9.10. The topological polar surface area (TPSA) is 46.6 Å². The minimum absolute atomic E-state index is 0.0447. The van der Waals surface area contributed by atoms with Crippen molar-refractivity contribution in [2.45, 2.75) is 24.1 Å². The third-order valence-electron chi connectivity index (χ3n) is 3.97. The maximum atomic E-state index is 12.5. The number of carbonyl (C=O) groups is 2. The van der Waals surface area contributed by atoms with E-state index in [-0.39, 0.29) is 22.6 Å². The SMILES string of the molecule is COC(=O)C1CCN(C(=O)C(Br)Cc2ccccc2Cl)CC1. The lowest BCUT2D eigenvalue weighted by Gasteiger charge is -2.32. The van der Waals surface area contributed by atoms with Gasteiger partial charge in [-0.3, -0.25) is 9.59 Å². The summed E-state index contributed by atoms with van der Waals surface area (Å²) < 4.78 is 4.76. The lowest BCUT2D eigenvalue weighted by Crippen LogP contribution is -2.44. The number of piperidine rings is 1. The monoisotopic (exact) mass is 387 g/mol. The van der Waals surface area contributed by atoms with Crippen molar-refractivity contribution >= 4 is 39.4 Å². The quantitative estimate of drug-likeness (QED) is 0.588. The van der Waals surface area contributed by atoms with Gasteiger partial charge in [0.2, 0.25) is 5.91 Å². The second-order valence-electron chi connectivity index (χ2n) is 5.39. The fourth-order valence-electron chi connectivity index (χ4n) is 2.64. The van der Waals surface area contributed by atoms with Crippen molar-refractivity contribution in [3.05, 3.63) is 34.9 Å². The van der Waals surface area contributed by atoms with E-state index in [1.807, 2.05) is 24.3 Å². The standard InChI is InChI=1S/C16H19BrClNO3/c1-22-16(21)11-6-8-19(9-7-11)15(20)13(17)10-12-4-2-3-5-14(12)18/h2-5,11,13H,6-10H2,1H3. The van der Waals surface area contributed by atoms with Gasteiger partial charge < -0.3 is 9.64 Å². The summed E-state index contributed by atoms with van der Waals surface area (Å²) >= 11 is 9.60. The Morgan fingerprint density at radius 3 is 2.59 bits per heavy atom. The van der Waals surface area contributed by atoms with Crippen molar-refractivity contribution in [2.24, 2.45) is 5.92 Å². The van der Waals surface area contributed by atoms with Gasteiger partial charge in [-0.25, -0.2) is 0 Å². The van der Waals surface area contributed by atoms with Crippen molar-refractivity contribution in [3.8, 4) is 0 Å². The molecule has 1 amide bonds. The van der Waals surface area contributed by atoms with Gasteiger partial charge in [-0.15, -0.1) is 0 Å². The van der Waals surface area contributed by atoms with Crippen molar-refractivity contribution in [1.82, 2.24) is 4.90 Å². The van der Waals surface area contributed by atoms with Gasteiger partial charge in [0.1, 0.15) is 0 Å². The van der Waals surface area contributed by atoms with Crippen LogP contribution in [0.25, 0.3) is 0 Å². The van der Waals surface area contributed by atoms with Gasteiger partial charge in [-0.2, -0.15) is 0 Å². The van der Waals surface area contributed by atoms with E-state index in [0.29, 0.717) is 37.4 Å². The van der Waals surface area contributed by atoms with Gasteiger partial charge in [0.05, 0.1) is 17.9 Å². The highest BCUT2D eigenvalue weighted by atomic mass is 79.9. The highest BCUT2D eigenvalue weighted by Gasteiger charge is 2.30. The fraction of sp³-hybridized carbons (Fsp3) is 0.500. The van der Waals surface area contributed by atoms with Crippen molar-refractivity contribution in [2.75, 3.05) is 20.2 Å². The molecule has 1 unspecified atom stereocenters. The minimum atomic E-state index is -0.304. The summed E-state index contributed by atoms with van der Waals surface area (Å²) in [7, 11) is 1.40. The summed E-state index contributed by atoms with van der Waals surface area (Å²) in [4.78, 5) is 25.5. The molecule has 120 valence electrons. The molecular formula is C16H19BrClNO3. The van der Waals surface area contributed by atoms with Crippen LogP contribution >= 0.6 is 27.5 Å². The van der Waals surface area contributed by atoms with Crippen LogP contribution in [-0.2, 0) is 20.7 Å². The first-order valence-corrected chi connectivity index (χ1v) is 8.56. The molecule has 1 saturated heterocycles. The van der Waals surface area contributed by atoms with E-state index in [0.717, 1.165) is 5.56 Å². The minimum Gasteiger partial charge on any atom is -0.469 e. The summed E-state index contributed by atoms with van der Waals surface area (Å²) in [5.41, 5.74) is 0.948. The number of rotatable bonds is 4. The van der Waals surface area contributed by atoms with Gasteiger partial charge in [-0.05, 0) is 30.9 Å². The van der Waals surface area contributed by atoms with Crippen molar-refractivity contribution < 1.29 is 14.3 Å². The molecule has 1 aromatic rings. The molecular weight excluding hydrogens is 370 g/mol. The molecule has 1 heterocycles. The Hall–Kier alpha value is -1.07. The fourth-order valence-corrected chi connectivity index (χ4v) is 3.50. The molecule has 0 aliphatic carbocycles. The van der Waals surface area contributed by atoms with Crippen molar-refractivity contribution in [1.29, 1.82) is 0 Å². The Morgan fingerprint density at radius 1 is 1.36 bits per heavy atom. The first-order chi connectivity index (χ1) is 10.5. The molecule has 0 aromatic heterocycles. The number of methoxy groups -OCH3 is 1. The highest BCUT2D eigenvalue weighted by Crippen LogP contribution is 2.23. The van der Waals surface area contributed by atoms with Crippen molar-refractivity contribution in [3.63, 3.8) is 0 Å². The molecule has 4 nitrogen and oxygen atoms in total. The number of ether oxygens (including phenoxy) is 1. The van der Waals surface area contributed by atoms with Crippen LogP contribution in [0.3, 0.4) is 0 Å². The molecule has 0 saturated carbocycles. The first-order valence-electron chi connectivity index (χ1n) is 7.27. The van der Waals surface area contributed by atoms with Crippen LogP contribution in [0.15, 0.2) is 24.3 Å². The Labute approximate surface area is 143 Å². The third kappa shape index (κ3) is 4.23. The van der Waals surface area contributed by atoms with Crippen LogP contribution in [0.4, 0.5) is 0 Å². The number of halogens is 2. The maximum Gasteiger partial charge on any atom is 0.308 e. The molecule has 1 aromatic carbocycles. The first kappa shape index (κ1) is 17.3. The summed E-state index contributed by atoms with van der Waals surface area (Å²) in [6.45, 7) is 1.17. The predicted octanol–water partition coefficient (Wildman–Crippen LogP) is 3.06. The third-order valence-corrected chi connectivity index (χ3v) is 5.05. The smallest absolute Gasteiger partial charge is 0.308 e. The molecule has 0 radical (unpaired) electrons. The van der Waals surface area contributed by atoms with Gasteiger partial charge >= 0.3 is 5.97 Å². The van der Waals surface area contributed by atoms with Crippen LogP contribution in [0.1, 0.15) is 18.4 Å². The van der Waals surface area contributed by atoms with E-state index < -0.39 is 0 Å². The average Bonchev–Trinajstić information content (AvgIpc) is 2.55. The lowest BCUT2D eigenvalue weighted by atomic mass is 9.96. The average molecular weight is 389 g/mol. The number of likely N-dealkylation sites (tertiary alicyclic amines) is 1. The molecule has 0 bridgehead atoms. The number of hydrogen-bond donors (Lipinski definition) is 0. The number of nitrogens with zero attached hydrogens (tertiary/aromatic N) is 1. The van der Waals surface area contributed by atoms with Gasteiger partial charge in [-0.1, -0.05) is 45.7 Å². The summed E-state index contributed by atoms with van der Waals surface area (Å²) in [6.07, 6.45) is 1.86. The number of benzene rings is 1. The molecule has 1 fully saturated rings. The Bertz CT molecular complexity index is 544. The van der Waals surface area contributed by atoms with E-state index in [4.69, 9.17) is 16.3 Å². The van der Waals surface area contributed by atoms with Crippen LogP contribution in [0.5, 0.6) is 0 Å². The van der Waals surface area contributed by atoms with E-state index in [1.54, 1.807) is 4.90 Å². The van der Waals surface area contributed by atoms with Crippen LogP contribution < -0.4 is 0 Å². The van der Waals surface area contributed by atoms with E-state index in [1.165, 1.54) is 7.11 Å². The molecule has 0 N–H and O–H groups in total. The molecule has 1 aliphatic rings. The number of esters is 1. The second-order valence-corrected chi connectivity index (χ2v) is 6.90. The maximum absolute atomic E-state index is 12.5. The van der Waals surface area contributed by atoms with E-state index >= 15 is 0 Å². The molecule has 1 aliphatic heterocycles. The Morgan fingerprint density at radius 2 is 2.00 bits per heavy atom. The largest absolute Gasteiger partial charge is 0.469 e. The molecule has 0 spiro atoms. The normalized spacial score (nSPS) is 17.1. The van der Waals surface area contributed by atoms with Gasteiger partial charge in [0.25, 0.3) is 0 Å². The second kappa shape index (κ2) is 7.97. The Balaban J connectivity index is 1.89. The molecule has 22 heavy (non-hydrogen) atoms. The molecule has 1 atom stereocenters. The Kier molecular flexibility index (Phi) is 6.26.